The quantitative estimate of drug-likeness (QED) is 0.807. The first kappa shape index (κ1) is 14.2. The van der Waals surface area contributed by atoms with Crippen molar-refractivity contribution in [2.24, 2.45) is 17.8 Å². The van der Waals surface area contributed by atoms with Crippen LogP contribution in [0.4, 0.5) is 13.2 Å². The zero-order valence-electron chi connectivity index (χ0n) is 11.1. The van der Waals surface area contributed by atoms with Crippen LogP contribution in [0.1, 0.15) is 51.9 Å². The summed E-state index contributed by atoms with van der Waals surface area (Å²) in [5.41, 5.74) is 0. The Morgan fingerprint density at radius 2 is 1.67 bits per heavy atom. The van der Waals surface area contributed by atoms with Gasteiger partial charge in [0.15, 0.2) is 0 Å². The van der Waals surface area contributed by atoms with E-state index in [1.165, 1.54) is 19.3 Å². The predicted octanol–water partition coefficient (Wildman–Crippen LogP) is 4.13. The lowest BCUT2D eigenvalue weighted by Crippen LogP contribution is -2.38. The molecule has 0 aromatic rings. The second-order valence-corrected chi connectivity index (χ2v) is 6.28. The lowest BCUT2D eigenvalue weighted by molar-refractivity contribution is -0.182. The number of hydrogen-bond acceptors (Lipinski definition) is 1. The van der Waals surface area contributed by atoms with Gasteiger partial charge in [0.25, 0.3) is 0 Å². The van der Waals surface area contributed by atoms with Crippen LogP contribution in [0.5, 0.6) is 0 Å². The van der Waals surface area contributed by atoms with E-state index in [4.69, 9.17) is 0 Å². The van der Waals surface area contributed by atoms with Crippen LogP contribution in [0.25, 0.3) is 0 Å². The molecule has 0 aromatic heterocycles. The topological polar surface area (TPSA) is 12.0 Å². The van der Waals surface area contributed by atoms with Gasteiger partial charge in [-0.05, 0) is 56.9 Å². The van der Waals surface area contributed by atoms with Crippen molar-refractivity contribution in [3.05, 3.63) is 0 Å². The van der Waals surface area contributed by atoms with Gasteiger partial charge in [-0.1, -0.05) is 13.3 Å². The molecule has 0 saturated heterocycles. The van der Waals surface area contributed by atoms with Crippen molar-refractivity contribution in [3.63, 3.8) is 0 Å². The van der Waals surface area contributed by atoms with Gasteiger partial charge in [0.2, 0.25) is 0 Å². The zero-order valence-corrected chi connectivity index (χ0v) is 11.1. The lowest BCUT2D eigenvalue weighted by Gasteiger charge is -2.31. The fourth-order valence-corrected chi connectivity index (χ4v) is 3.47. The molecule has 2 rings (SSSR count). The molecule has 18 heavy (non-hydrogen) atoms. The first-order chi connectivity index (χ1) is 8.45. The van der Waals surface area contributed by atoms with Crippen LogP contribution in [-0.2, 0) is 0 Å². The highest BCUT2D eigenvalue weighted by Gasteiger charge is 2.41. The molecule has 0 heterocycles. The van der Waals surface area contributed by atoms with E-state index in [-0.39, 0.29) is 0 Å². The van der Waals surface area contributed by atoms with Crippen LogP contribution in [0, 0.1) is 17.8 Å². The molecular weight excluding hydrogens is 239 g/mol. The maximum atomic E-state index is 12.5. The van der Waals surface area contributed by atoms with E-state index in [0.717, 1.165) is 18.4 Å². The normalized spacial score (nSPS) is 38.0. The van der Waals surface area contributed by atoms with Gasteiger partial charge >= 0.3 is 6.18 Å². The summed E-state index contributed by atoms with van der Waals surface area (Å²) in [5, 5.41) is 3.49. The Morgan fingerprint density at radius 1 is 1.00 bits per heavy atom. The van der Waals surface area contributed by atoms with Gasteiger partial charge in [0, 0.05) is 6.04 Å². The standard InChI is InChI=1S/C14H24F3N/c1-10-2-3-11(8-10)9-18-13-6-4-12(5-7-13)14(15,16)17/h10-13,18H,2-9H2,1H3. The summed E-state index contributed by atoms with van der Waals surface area (Å²) >= 11 is 0. The van der Waals surface area contributed by atoms with Gasteiger partial charge in [-0.3, -0.25) is 0 Å². The predicted molar refractivity (Wildman–Crippen MR) is 66.3 cm³/mol. The Labute approximate surface area is 108 Å². The van der Waals surface area contributed by atoms with Crippen LogP contribution in [0.15, 0.2) is 0 Å². The van der Waals surface area contributed by atoms with E-state index in [1.807, 2.05) is 0 Å². The molecule has 2 atom stereocenters. The molecule has 0 radical (unpaired) electrons. The van der Waals surface area contributed by atoms with Gasteiger partial charge in [0.05, 0.1) is 5.92 Å². The highest BCUT2D eigenvalue weighted by atomic mass is 19.4. The van der Waals surface area contributed by atoms with Crippen molar-refractivity contribution in [3.8, 4) is 0 Å². The van der Waals surface area contributed by atoms with Crippen LogP contribution in [-0.4, -0.2) is 18.8 Å². The monoisotopic (exact) mass is 263 g/mol. The first-order valence-electron chi connectivity index (χ1n) is 7.25. The van der Waals surface area contributed by atoms with Crippen LogP contribution < -0.4 is 5.32 Å². The van der Waals surface area contributed by atoms with Gasteiger partial charge < -0.3 is 5.32 Å². The molecule has 0 aromatic carbocycles. The number of nitrogens with one attached hydrogen (secondary N) is 1. The molecule has 0 aliphatic heterocycles. The fourth-order valence-electron chi connectivity index (χ4n) is 3.47. The average Bonchev–Trinajstić information content (AvgIpc) is 2.72. The van der Waals surface area contributed by atoms with E-state index in [1.54, 1.807) is 0 Å². The summed E-state index contributed by atoms with van der Waals surface area (Å²) < 4.78 is 37.6. The van der Waals surface area contributed by atoms with E-state index in [0.29, 0.717) is 31.7 Å². The average molecular weight is 263 g/mol. The molecule has 2 aliphatic rings. The Kier molecular flexibility index (Phi) is 4.57. The van der Waals surface area contributed by atoms with Crippen LogP contribution >= 0.6 is 0 Å². The lowest BCUT2D eigenvalue weighted by atomic mass is 9.85. The number of hydrogen-bond donors (Lipinski definition) is 1. The Morgan fingerprint density at radius 3 is 2.17 bits per heavy atom. The summed E-state index contributed by atoms with van der Waals surface area (Å²) in [6, 6.07) is 0.319. The minimum atomic E-state index is -3.98. The Balaban J connectivity index is 1.65. The van der Waals surface area contributed by atoms with Gasteiger partial charge in [-0.15, -0.1) is 0 Å². The summed E-state index contributed by atoms with van der Waals surface area (Å²) in [5.74, 6) is 0.528. The van der Waals surface area contributed by atoms with Crippen molar-refractivity contribution in [2.45, 2.75) is 64.1 Å². The minimum absolute atomic E-state index is 0.308. The highest BCUT2D eigenvalue weighted by Crippen LogP contribution is 2.37. The third-order valence-corrected chi connectivity index (χ3v) is 4.69. The van der Waals surface area contributed by atoms with E-state index in [2.05, 4.69) is 12.2 Å². The summed E-state index contributed by atoms with van der Waals surface area (Å²) in [6.07, 6.45) is 1.89. The van der Waals surface area contributed by atoms with Crippen molar-refractivity contribution in [1.29, 1.82) is 0 Å². The fraction of sp³-hybridized carbons (Fsp3) is 1.00. The zero-order chi connectivity index (χ0) is 13.2. The summed E-state index contributed by atoms with van der Waals surface area (Å²) in [4.78, 5) is 0. The molecule has 1 N–H and O–H groups in total. The second kappa shape index (κ2) is 5.81. The second-order valence-electron chi connectivity index (χ2n) is 6.28. The smallest absolute Gasteiger partial charge is 0.314 e. The van der Waals surface area contributed by atoms with Crippen molar-refractivity contribution in [1.82, 2.24) is 5.32 Å². The van der Waals surface area contributed by atoms with Crippen molar-refractivity contribution in [2.75, 3.05) is 6.54 Å². The maximum Gasteiger partial charge on any atom is 0.391 e. The SMILES string of the molecule is CC1CCC(CNC2CCC(C(F)(F)F)CC2)C1. The van der Waals surface area contributed by atoms with E-state index in [9.17, 15) is 13.2 Å². The van der Waals surface area contributed by atoms with Crippen molar-refractivity contribution >= 4 is 0 Å². The van der Waals surface area contributed by atoms with Crippen LogP contribution in [0.3, 0.4) is 0 Å². The molecule has 2 unspecified atom stereocenters. The third-order valence-electron chi connectivity index (χ3n) is 4.69. The van der Waals surface area contributed by atoms with Crippen molar-refractivity contribution < 1.29 is 13.2 Å². The van der Waals surface area contributed by atoms with Gasteiger partial charge in [0.1, 0.15) is 0 Å². The van der Waals surface area contributed by atoms with E-state index < -0.39 is 12.1 Å². The molecule has 106 valence electrons. The largest absolute Gasteiger partial charge is 0.391 e. The third kappa shape index (κ3) is 3.87. The van der Waals surface area contributed by atoms with Crippen LogP contribution in [0.2, 0.25) is 0 Å². The number of alkyl halides is 3. The molecule has 2 saturated carbocycles. The Hall–Kier alpha value is -0.250. The first-order valence-corrected chi connectivity index (χ1v) is 7.25. The summed E-state index contributed by atoms with van der Waals surface area (Å²) in [7, 11) is 0. The Bertz CT molecular complexity index is 256. The van der Waals surface area contributed by atoms with Gasteiger partial charge in [-0.25, -0.2) is 0 Å². The summed E-state index contributed by atoms with van der Waals surface area (Å²) in [6.45, 7) is 3.29. The number of halogens is 3. The van der Waals surface area contributed by atoms with Gasteiger partial charge in [-0.2, -0.15) is 13.2 Å². The maximum absolute atomic E-state index is 12.5. The molecule has 0 amide bonds. The minimum Gasteiger partial charge on any atom is -0.314 e. The van der Waals surface area contributed by atoms with E-state index >= 15 is 0 Å². The molecule has 1 nitrogen and oxygen atoms in total. The molecule has 4 heteroatoms. The highest BCUT2D eigenvalue weighted by molar-refractivity contribution is 4.82. The molecule has 2 aliphatic carbocycles. The molecular formula is C14H24F3N. The molecule has 0 bridgehead atoms. The molecule has 2 fully saturated rings. The number of rotatable bonds is 3. The molecule has 0 spiro atoms.